The van der Waals surface area contributed by atoms with Crippen LogP contribution in [0, 0.1) is 0 Å². The molecular weight excluding hydrogens is 141 g/mol. The first kappa shape index (κ1) is 8.87. The molecule has 0 heterocycles. The number of amides is 2. The Kier molecular flexibility index (Phi) is 3.38. The largest absolute Gasteiger partial charge is 0.465 e. The Labute approximate surface area is 57.2 Å². The normalized spacial score (nSPS) is 9.00. The van der Waals surface area contributed by atoms with E-state index in [0.29, 0.717) is 4.90 Å². The predicted molar refractivity (Wildman–Crippen MR) is 31.4 cm³/mol. The molecule has 10 heavy (non-hydrogen) atoms. The van der Waals surface area contributed by atoms with E-state index in [1.54, 1.807) is 0 Å². The SMILES string of the molecule is CC(=O)N(CCF)C(=O)O. The van der Waals surface area contributed by atoms with Gasteiger partial charge >= 0.3 is 6.09 Å². The van der Waals surface area contributed by atoms with Crippen molar-refractivity contribution >= 4 is 12.0 Å². The molecule has 0 aliphatic heterocycles. The molecule has 0 unspecified atom stereocenters. The standard InChI is InChI=1S/C5H8FNO3/c1-4(8)7(3-2-6)5(9)10/h2-3H2,1H3,(H,9,10). The molecule has 4 nitrogen and oxygen atoms in total. The van der Waals surface area contributed by atoms with E-state index in [1.165, 1.54) is 0 Å². The summed E-state index contributed by atoms with van der Waals surface area (Å²) in [6, 6.07) is 0. The second kappa shape index (κ2) is 3.81. The zero-order chi connectivity index (χ0) is 8.15. The van der Waals surface area contributed by atoms with Gasteiger partial charge < -0.3 is 5.11 Å². The highest BCUT2D eigenvalue weighted by atomic mass is 19.1. The minimum absolute atomic E-state index is 0.384. The first-order valence-electron chi connectivity index (χ1n) is 2.66. The van der Waals surface area contributed by atoms with E-state index in [-0.39, 0.29) is 6.54 Å². The molecule has 0 aromatic rings. The second-order valence-corrected chi connectivity index (χ2v) is 1.64. The number of imide groups is 1. The third kappa shape index (κ3) is 2.43. The van der Waals surface area contributed by atoms with Gasteiger partial charge in [-0.2, -0.15) is 0 Å². The number of nitrogens with zero attached hydrogens (tertiary/aromatic N) is 1. The molecule has 0 saturated heterocycles. The lowest BCUT2D eigenvalue weighted by Crippen LogP contribution is -2.35. The molecule has 2 amide bonds. The Morgan fingerprint density at radius 2 is 2.10 bits per heavy atom. The van der Waals surface area contributed by atoms with E-state index in [2.05, 4.69) is 0 Å². The fraction of sp³-hybridized carbons (Fsp3) is 0.600. The van der Waals surface area contributed by atoms with Crippen molar-refractivity contribution in [3.63, 3.8) is 0 Å². The monoisotopic (exact) mass is 149 g/mol. The Morgan fingerprint density at radius 1 is 1.60 bits per heavy atom. The van der Waals surface area contributed by atoms with Crippen LogP contribution in [-0.2, 0) is 4.79 Å². The Hall–Kier alpha value is -1.13. The fourth-order valence-electron chi connectivity index (χ4n) is 0.472. The topological polar surface area (TPSA) is 57.6 Å². The molecule has 0 bridgehead atoms. The van der Waals surface area contributed by atoms with Gasteiger partial charge in [0.2, 0.25) is 5.91 Å². The zero-order valence-electron chi connectivity index (χ0n) is 5.50. The Balaban J connectivity index is 3.98. The second-order valence-electron chi connectivity index (χ2n) is 1.64. The van der Waals surface area contributed by atoms with Crippen molar-refractivity contribution in [3.05, 3.63) is 0 Å². The lowest BCUT2D eigenvalue weighted by atomic mass is 10.5. The molecule has 0 atom stereocenters. The lowest BCUT2D eigenvalue weighted by molar-refractivity contribution is -0.126. The smallest absolute Gasteiger partial charge is 0.414 e. The van der Waals surface area contributed by atoms with Crippen molar-refractivity contribution in [2.75, 3.05) is 13.2 Å². The Bertz CT molecular complexity index is 134. The molecule has 0 spiro atoms. The van der Waals surface area contributed by atoms with Gasteiger partial charge in [0, 0.05) is 6.92 Å². The van der Waals surface area contributed by atoms with Crippen LogP contribution in [0.3, 0.4) is 0 Å². The highest BCUT2D eigenvalue weighted by molar-refractivity contribution is 5.89. The van der Waals surface area contributed by atoms with Crippen LogP contribution >= 0.6 is 0 Å². The summed E-state index contributed by atoms with van der Waals surface area (Å²) in [5.74, 6) is -0.662. The summed E-state index contributed by atoms with van der Waals surface area (Å²) in [7, 11) is 0. The highest BCUT2D eigenvalue weighted by Crippen LogP contribution is 1.89. The van der Waals surface area contributed by atoms with Gasteiger partial charge in [-0.25, -0.2) is 14.1 Å². The summed E-state index contributed by atoms with van der Waals surface area (Å²) in [5.41, 5.74) is 0. The van der Waals surface area contributed by atoms with E-state index in [9.17, 15) is 14.0 Å². The maximum absolute atomic E-state index is 11.5. The summed E-state index contributed by atoms with van der Waals surface area (Å²) in [6.07, 6.45) is -1.41. The van der Waals surface area contributed by atoms with Crippen LogP contribution < -0.4 is 0 Å². The number of hydrogen-bond acceptors (Lipinski definition) is 2. The molecule has 0 rings (SSSR count). The molecule has 0 aromatic carbocycles. The number of halogens is 1. The van der Waals surface area contributed by atoms with Crippen molar-refractivity contribution in [2.45, 2.75) is 6.92 Å². The van der Waals surface area contributed by atoms with Gasteiger partial charge in [-0.05, 0) is 0 Å². The van der Waals surface area contributed by atoms with Gasteiger partial charge in [-0.1, -0.05) is 0 Å². The predicted octanol–water partition coefficient (Wildman–Crippen LogP) is 0.482. The number of carbonyl (C=O) groups excluding carboxylic acids is 1. The van der Waals surface area contributed by atoms with E-state index in [0.717, 1.165) is 6.92 Å². The van der Waals surface area contributed by atoms with Gasteiger partial charge in [0.25, 0.3) is 0 Å². The minimum Gasteiger partial charge on any atom is -0.465 e. The molecule has 0 saturated carbocycles. The average Bonchev–Trinajstić information content (AvgIpc) is 1.81. The van der Waals surface area contributed by atoms with E-state index in [4.69, 9.17) is 5.11 Å². The van der Waals surface area contributed by atoms with Crippen molar-refractivity contribution in [1.29, 1.82) is 0 Å². The van der Waals surface area contributed by atoms with E-state index in [1.807, 2.05) is 0 Å². The van der Waals surface area contributed by atoms with Gasteiger partial charge in [0.1, 0.15) is 6.67 Å². The highest BCUT2D eigenvalue weighted by Gasteiger charge is 2.14. The van der Waals surface area contributed by atoms with E-state index >= 15 is 0 Å². The third-order valence-electron chi connectivity index (χ3n) is 0.919. The van der Waals surface area contributed by atoms with Crippen LogP contribution in [0.4, 0.5) is 9.18 Å². The lowest BCUT2D eigenvalue weighted by Gasteiger charge is -2.11. The molecule has 1 N–H and O–H groups in total. The number of hydrogen-bond donors (Lipinski definition) is 1. The molecule has 0 aliphatic rings. The molecule has 5 heteroatoms. The van der Waals surface area contributed by atoms with Crippen molar-refractivity contribution in [3.8, 4) is 0 Å². The number of carboxylic acid groups (broad SMARTS) is 1. The van der Waals surface area contributed by atoms with E-state index < -0.39 is 18.7 Å². The third-order valence-corrected chi connectivity index (χ3v) is 0.919. The van der Waals surface area contributed by atoms with Crippen molar-refractivity contribution in [2.24, 2.45) is 0 Å². The summed E-state index contributed by atoms with van der Waals surface area (Å²) in [4.78, 5) is 20.8. The van der Waals surface area contributed by atoms with Gasteiger partial charge in [0.05, 0.1) is 6.54 Å². The molecule has 0 radical (unpaired) electrons. The summed E-state index contributed by atoms with van der Waals surface area (Å²) >= 11 is 0. The van der Waals surface area contributed by atoms with Crippen LogP contribution in [0.15, 0.2) is 0 Å². The first-order chi connectivity index (χ1) is 4.59. The first-order valence-corrected chi connectivity index (χ1v) is 2.66. The van der Waals surface area contributed by atoms with Crippen LogP contribution in [0.5, 0.6) is 0 Å². The molecule has 58 valence electrons. The minimum atomic E-state index is -1.41. The Morgan fingerprint density at radius 3 is 2.20 bits per heavy atom. The number of rotatable bonds is 2. The zero-order valence-corrected chi connectivity index (χ0v) is 5.50. The molecule has 0 aliphatic carbocycles. The fourth-order valence-corrected chi connectivity index (χ4v) is 0.472. The van der Waals surface area contributed by atoms with Crippen molar-refractivity contribution < 1.29 is 19.1 Å². The number of carbonyl (C=O) groups is 2. The average molecular weight is 149 g/mol. The van der Waals surface area contributed by atoms with Gasteiger partial charge in [-0.15, -0.1) is 0 Å². The van der Waals surface area contributed by atoms with Crippen molar-refractivity contribution in [1.82, 2.24) is 4.90 Å². The molecule has 0 fully saturated rings. The van der Waals surface area contributed by atoms with Gasteiger partial charge in [-0.3, -0.25) is 4.79 Å². The van der Waals surface area contributed by atoms with Crippen LogP contribution in [0.25, 0.3) is 0 Å². The molecule has 0 aromatic heterocycles. The molecular formula is C5H8FNO3. The quantitative estimate of drug-likeness (QED) is 0.621. The summed E-state index contributed by atoms with van der Waals surface area (Å²) in [5, 5.41) is 8.21. The summed E-state index contributed by atoms with van der Waals surface area (Å²) in [6.45, 7) is -0.152. The maximum atomic E-state index is 11.5. The van der Waals surface area contributed by atoms with Crippen LogP contribution in [0.1, 0.15) is 6.92 Å². The van der Waals surface area contributed by atoms with Gasteiger partial charge in [0.15, 0.2) is 0 Å². The maximum Gasteiger partial charge on any atom is 0.414 e. The van der Waals surface area contributed by atoms with Crippen LogP contribution in [0.2, 0.25) is 0 Å². The van der Waals surface area contributed by atoms with Crippen LogP contribution in [-0.4, -0.2) is 35.2 Å². The summed E-state index contributed by atoms with van der Waals surface area (Å²) < 4.78 is 11.5. The number of alkyl halides is 1.